The van der Waals surface area contributed by atoms with Gasteiger partial charge in [-0.25, -0.2) is 43.2 Å². The van der Waals surface area contributed by atoms with Gasteiger partial charge in [-0.1, -0.05) is 13.3 Å². The lowest BCUT2D eigenvalue weighted by Gasteiger charge is -2.01. The number of esters is 10. The van der Waals surface area contributed by atoms with Crippen LogP contribution in [0.5, 0.6) is 0 Å². The van der Waals surface area contributed by atoms with Crippen LogP contribution in [0.3, 0.4) is 0 Å². The Balaban J connectivity index is -0.0000000851. The molecule has 0 saturated carbocycles. The Bertz CT molecular complexity index is 1180. The molecule has 9 atom stereocenters. The third-order valence-electron chi connectivity index (χ3n) is 6.45. The molecule has 0 aromatic carbocycles. The molecule has 29 heteroatoms. The van der Waals surface area contributed by atoms with Gasteiger partial charge >= 0.3 is 59.7 Å². The number of hydrogen-bond donors (Lipinski definition) is 9. The lowest BCUT2D eigenvalue weighted by molar-refractivity contribution is -0.152. The van der Waals surface area contributed by atoms with Crippen LogP contribution in [-0.4, -0.2) is 227 Å². The van der Waals surface area contributed by atoms with Crippen molar-refractivity contribution in [2.24, 2.45) is 0 Å². The molecule has 29 nitrogen and oxygen atoms in total. The van der Waals surface area contributed by atoms with E-state index in [0.717, 1.165) is 12.8 Å². The molecule has 0 spiro atoms. The number of rotatable bonds is 21. The number of aliphatic hydroxyl groups is 9. The number of hydrogen-bond acceptors (Lipinski definition) is 29. The predicted molar refractivity (Wildman–Crippen MR) is 286 cm³/mol. The molecular weight excluding hydrogens is 1080 g/mol. The van der Waals surface area contributed by atoms with Crippen LogP contribution in [0, 0.1) is 0 Å². The second-order valence-corrected chi connectivity index (χ2v) is 14.5. The van der Waals surface area contributed by atoms with Crippen LogP contribution >= 0.6 is 0 Å². The SMILES string of the molecule is CCCCOC(C)=O.CCOC(=O)C(C)O.CCOC(=O)C(C)O.CCOC(=O)C(C)O.CCOC(=O)C(C)O.CCOC(=O)C(C)O.CCOC(=O)C(C)O.CCOC(=O)C(C)O.CCOC(=O)C(C)O.CCOC(=O)C(C)O. The molecule has 0 amide bonds. The minimum atomic E-state index is -0.991. The molecule has 0 rings (SSSR count). The van der Waals surface area contributed by atoms with E-state index in [1.807, 2.05) is 0 Å². The molecule has 9 N–H and O–H groups in total. The van der Waals surface area contributed by atoms with Crippen molar-refractivity contribution in [3.63, 3.8) is 0 Å². The van der Waals surface area contributed by atoms with Gasteiger partial charge in [0.25, 0.3) is 0 Å². The quantitative estimate of drug-likeness (QED) is 0.0434. The lowest BCUT2D eigenvalue weighted by Crippen LogP contribution is -2.18. The smallest absolute Gasteiger partial charge is 0.334 e. The van der Waals surface area contributed by atoms with Gasteiger partial charge in [0, 0.05) is 6.92 Å². The van der Waals surface area contributed by atoms with E-state index in [4.69, 9.17) is 46.0 Å². The number of carbonyl (C=O) groups is 10. The maximum atomic E-state index is 10.3. The van der Waals surface area contributed by atoms with Gasteiger partial charge in [0.2, 0.25) is 0 Å². The molecule has 0 aliphatic heterocycles. The second kappa shape index (κ2) is 71.4. The maximum absolute atomic E-state index is 10.3. The minimum Gasteiger partial charge on any atom is -0.466 e. The summed E-state index contributed by atoms with van der Waals surface area (Å²) in [5.74, 6) is -5.24. The molecule has 0 radical (unpaired) electrons. The first-order valence-corrected chi connectivity index (χ1v) is 25.7. The van der Waals surface area contributed by atoms with E-state index in [2.05, 4.69) is 54.3 Å². The number of carbonyl (C=O) groups excluding carboxylic acids is 10. The Morgan fingerprint density at radius 2 is 0.362 bits per heavy atom. The van der Waals surface area contributed by atoms with Gasteiger partial charge in [-0.2, -0.15) is 0 Å². The molecule has 0 aromatic heterocycles. The topological polar surface area (TPSA) is 445 Å². The van der Waals surface area contributed by atoms with Crippen molar-refractivity contribution in [3.05, 3.63) is 0 Å². The van der Waals surface area contributed by atoms with Crippen molar-refractivity contribution < 1.29 is 141 Å². The van der Waals surface area contributed by atoms with Gasteiger partial charge in [-0.3, -0.25) is 4.79 Å². The van der Waals surface area contributed by atoms with E-state index < -0.39 is 109 Å². The van der Waals surface area contributed by atoms with Gasteiger partial charge in [0.1, 0.15) is 54.9 Å². The zero-order chi connectivity index (χ0) is 65.5. The van der Waals surface area contributed by atoms with Crippen LogP contribution in [0.1, 0.15) is 151 Å². The van der Waals surface area contributed by atoms with E-state index in [1.165, 1.54) is 69.2 Å². The second-order valence-electron chi connectivity index (χ2n) is 14.5. The molecule has 0 fully saturated rings. The molecular formula is C51H102O29. The summed E-state index contributed by atoms with van der Waals surface area (Å²) < 4.78 is 44.4. The van der Waals surface area contributed by atoms with Crippen LogP contribution in [-0.2, 0) is 95.3 Å². The third-order valence-corrected chi connectivity index (χ3v) is 6.45. The fourth-order valence-corrected chi connectivity index (χ4v) is 2.73. The van der Waals surface area contributed by atoms with E-state index in [-0.39, 0.29) is 5.97 Å². The molecule has 0 bridgehead atoms. The highest BCUT2D eigenvalue weighted by Crippen LogP contribution is 1.90. The lowest BCUT2D eigenvalue weighted by atomic mass is 10.4. The first kappa shape index (κ1) is 96.6. The van der Waals surface area contributed by atoms with Gasteiger partial charge in [0.15, 0.2) is 0 Å². The molecule has 0 aliphatic rings. The van der Waals surface area contributed by atoms with Crippen LogP contribution < -0.4 is 0 Å². The van der Waals surface area contributed by atoms with Crippen molar-refractivity contribution in [1.29, 1.82) is 0 Å². The summed E-state index contributed by atoms with van der Waals surface area (Å²) in [5, 5.41) is 76.3. The molecule has 0 aliphatic carbocycles. The Morgan fingerprint density at radius 1 is 0.250 bits per heavy atom. The Kier molecular flexibility index (Phi) is 86.2. The largest absolute Gasteiger partial charge is 0.466 e. The average Bonchev–Trinajstić information content (AvgIpc) is 3.36. The Morgan fingerprint density at radius 3 is 0.412 bits per heavy atom. The molecule has 0 saturated heterocycles. The summed E-state index contributed by atoms with van der Waals surface area (Å²) in [6.45, 7) is 34.6. The van der Waals surface area contributed by atoms with Crippen LogP contribution in [0.4, 0.5) is 0 Å². The number of aliphatic hydroxyl groups excluding tert-OH is 9. The first-order valence-electron chi connectivity index (χ1n) is 25.7. The van der Waals surface area contributed by atoms with Gasteiger partial charge in [0.05, 0.1) is 66.1 Å². The zero-order valence-corrected chi connectivity index (χ0v) is 50.9. The predicted octanol–water partition coefficient (Wildman–Crippen LogP) is 0.722. The van der Waals surface area contributed by atoms with Crippen molar-refractivity contribution in [2.45, 2.75) is 206 Å². The first-order chi connectivity index (χ1) is 36.9. The van der Waals surface area contributed by atoms with Gasteiger partial charge < -0.3 is 93.3 Å². The van der Waals surface area contributed by atoms with Gasteiger partial charge in [-0.15, -0.1) is 0 Å². The monoisotopic (exact) mass is 1180 g/mol. The standard InChI is InChI=1S/C6H12O2.9C5H10O3/c1-3-4-5-8-6(2)7;9*1-3-8-5(7)4(2)6/h3-5H2,1-2H3;9*4,6H,3H2,1-2H3. The third kappa shape index (κ3) is 94.7. The highest BCUT2D eigenvalue weighted by atomic mass is 16.6. The summed E-state index contributed by atoms with van der Waals surface area (Å²) in [4.78, 5) is 103. The number of ether oxygens (including phenoxy) is 10. The molecule has 9 unspecified atom stereocenters. The van der Waals surface area contributed by atoms with Crippen molar-refractivity contribution >= 4 is 59.7 Å². The van der Waals surface area contributed by atoms with Crippen molar-refractivity contribution in [3.8, 4) is 0 Å². The van der Waals surface area contributed by atoms with E-state index in [0.29, 0.717) is 66.1 Å². The van der Waals surface area contributed by atoms with Crippen molar-refractivity contribution in [2.75, 3.05) is 66.1 Å². The molecule has 480 valence electrons. The van der Waals surface area contributed by atoms with Crippen LogP contribution in [0.15, 0.2) is 0 Å². The summed E-state index contributed by atoms with van der Waals surface area (Å²) in [7, 11) is 0. The summed E-state index contributed by atoms with van der Waals surface area (Å²) in [6.07, 6.45) is -6.87. The van der Waals surface area contributed by atoms with Crippen LogP contribution in [0.2, 0.25) is 0 Å². The van der Waals surface area contributed by atoms with E-state index in [1.54, 1.807) is 62.3 Å². The highest BCUT2D eigenvalue weighted by molar-refractivity contribution is 5.76. The summed E-state index contributed by atoms with van der Waals surface area (Å²) in [5.41, 5.74) is 0. The van der Waals surface area contributed by atoms with E-state index >= 15 is 0 Å². The fourth-order valence-electron chi connectivity index (χ4n) is 2.73. The highest BCUT2D eigenvalue weighted by Gasteiger charge is 2.12. The van der Waals surface area contributed by atoms with Gasteiger partial charge in [-0.05, 0) is 131 Å². The zero-order valence-electron chi connectivity index (χ0n) is 50.9. The molecule has 0 heterocycles. The Hall–Kier alpha value is -5.66. The summed E-state index contributed by atoms with van der Waals surface area (Å²) >= 11 is 0. The Labute approximate surface area is 472 Å². The minimum absolute atomic E-state index is 0.182. The molecule has 80 heavy (non-hydrogen) atoms. The van der Waals surface area contributed by atoms with E-state index in [9.17, 15) is 47.9 Å². The average molecular weight is 1180 g/mol. The normalized spacial score (nSPS) is 12.5. The maximum Gasteiger partial charge on any atom is 0.334 e. The molecule has 0 aromatic rings. The fraction of sp³-hybridized carbons (Fsp3) is 0.804. The van der Waals surface area contributed by atoms with Crippen LogP contribution in [0.25, 0.3) is 0 Å². The number of unbranched alkanes of at least 4 members (excludes halogenated alkanes) is 1. The van der Waals surface area contributed by atoms with Crippen molar-refractivity contribution in [1.82, 2.24) is 0 Å². The summed E-state index contributed by atoms with van der Waals surface area (Å²) in [6, 6.07) is 0.